The van der Waals surface area contributed by atoms with Crippen LogP contribution in [0.25, 0.3) is 0 Å². The quantitative estimate of drug-likeness (QED) is 0.614. The molecule has 0 N–H and O–H groups in total. The van der Waals surface area contributed by atoms with Crippen LogP contribution in [0.2, 0.25) is 0 Å². The molecule has 1 aliphatic heterocycles. The van der Waals surface area contributed by atoms with E-state index in [4.69, 9.17) is 0 Å². The van der Waals surface area contributed by atoms with Gasteiger partial charge in [0.15, 0.2) is 0 Å². The topological polar surface area (TPSA) is 40.6 Å². The van der Waals surface area contributed by atoms with Crippen molar-refractivity contribution in [2.45, 2.75) is 26.2 Å². The zero-order valence-corrected chi connectivity index (χ0v) is 13.2. The van der Waals surface area contributed by atoms with Crippen LogP contribution in [0.4, 0.5) is 11.4 Å². The number of para-hydroxylation sites is 2. The number of nitrogens with zero attached hydrogens (tertiary/aromatic N) is 2. The molecule has 0 spiro atoms. The standard InChI is InChI=1S/C19H20N2O2.Ca.2H/c1-2-3-14-17-18(22)20(15-10-6-4-7-11-15)21(19(17)23)16-12-8-5-9-13-16;;;/h4-13,17H,2-3,14H2,1H3;;;. The van der Waals surface area contributed by atoms with E-state index in [1.165, 1.54) is 10.0 Å². The molecule has 122 valence electrons. The number of hydrogen-bond acceptors (Lipinski definition) is 2. The molecule has 1 heterocycles. The Balaban J connectivity index is 0.00000208. The summed E-state index contributed by atoms with van der Waals surface area (Å²) in [5, 5.41) is 3.02. The van der Waals surface area contributed by atoms with Crippen LogP contribution in [0, 0.1) is 5.92 Å². The first-order valence-electron chi connectivity index (χ1n) is 8.02. The molecule has 3 rings (SSSR count). The van der Waals surface area contributed by atoms with Crippen LogP contribution in [-0.2, 0) is 9.59 Å². The molecule has 2 aromatic rings. The van der Waals surface area contributed by atoms with E-state index >= 15 is 0 Å². The second kappa shape index (κ2) is 8.65. The fraction of sp³-hybridized carbons (Fsp3) is 0.263. The molecular formula is C19H22CaN2O2. The Morgan fingerprint density at radius 1 is 0.792 bits per heavy atom. The fourth-order valence-electron chi connectivity index (χ4n) is 2.88. The van der Waals surface area contributed by atoms with Crippen molar-refractivity contribution in [2.75, 3.05) is 10.0 Å². The zero-order chi connectivity index (χ0) is 16.2. The van der Waals surface area contributed by atoms with Crippen molar-refractivity contribution < 1.29 is 9.59 Å². The number of carbonyl (C=O) groups is 2. The van der Waals surface area contributed by atoms with E-state index in [2.05, 4.69) is 6.92 Å². The summed E-state index contributed by atoms with van der Waals surface area (Å²) in [5.74, 6) is -0.868. The van der Waals surface area contributed by atoms with E-state index in [0.29, 0.717) is 17.8 Å². The minimum absolute atomic E-state index is 0. The summed E-state index contributed by atoms with van der Waals surface area (Å²) in [6, 6.07) is 18.7. The molecule has 1 saturated heterocycles. The van der Waals surface area contributed by atoms with Gasteiger partial charge in [0.1, 0.15) is 5.92 Å². The van der Waals surface area contributed by atoms with Crippen molar-refractivity contribution >= 4 is 60.9 Å². The van der Waals surface area contributed by atoms with E-state index in [1.54, 1.807) is 0 Å². The Morgan fingerprint density at radius 2 is 1.21 bits per heavy atom. The Morgan fingerprint density at radius 3 is 1.58 bits per heavy atom. The first-order chi connectivity index (χ1) is 11.2. The normalized spacial score (nSPS) is 14.9. The van der Waals surface area contributed by atoms with Gasteiger partial charge in [-0.15, -0.1) is 0 Å². The van der Waals surface area contributed by atoms with E-state index < -0.39 is 5.92 Å². The van der Waals surface area contributed by atoms with Crippen LogP contribution in [-0.4, -0.2) is 49.6 Å². The second-order valence-electron chi connectivity index (χ2n) is 5.67. The first kappa shape index (κ1) is 19.0. The molecule has 24 heavy (non-hydrogen) atoms. The molecule has 0 atom stereocenters. The third-order valence-electron chi connectivity index (χ3n) is 4.06. The van der Waals surface area contributed by atoms with Crippen molar-refractivity contribution in [3.8, 4) is 0 Å². The maximum atomic E-state index is 12.9. The van der Waals surface area contributed by atoms with Gasteiger partial charge in [0.05, 0.1) is 11.4 Å². The number of unbranched alkanes of at least 4 members (excludes halogenated alkanes) is 1. The van der Waals surface area contributed by atoms with Crippen LogP contribution in [0.5, 0.6) is 0 Å². The van der Waals surface area contributed by atoms with Gasteiger partial charge >= 0.3 is 37.7 Å². The van der Waals surface area contributed by atoms with Gasteiger partial charge in [-0.1, -0.05) is 56.2 Å². The Hall–Kier alpha value is -1.36. The predicted octanol–water partition coefficient (Wildman–Crippen LogP) is 2.87. The van der Waals surface area contributed by atoms with Gasteiger partial charge in [-0.3, -0.25) is 9.59 Å². The van der Waals surface area contributed by atoms with Crippen molar-refractivity contribution in [1.82, 2.24) is 0 Å². The zero-order valence-electron chi connectivity index (χ0n) is 13.2. The molecule has 5 heteroatoms. The molecule has 2 aromatic carbocycles. The molecule has 4 nitrogen and oxygen atoms in total. The van der Waals surface area contributed by atoms with Gasteiger partial charge < -0.3 is 0 Å². The fourth-order valence-corrected chi connectivity index (χ4v) is 2.88. The number of hydrogen-bond donors (Lipinski definition) is 0. The monoisotopic (exact) mass is 350 g/mol. The molecule has 0 saturated carbocycles. The van der Waals surface area contributed by atoms with Crippen molar-refractivity contribution in [3.05, 3.63) is 60.7 Å². The van der Waals surface area contributed by atoms with E-state index in [9.17, 15) is 9.59 Å². The van der Waals surface area contributed by atoms with Gasteiger partial charge in [0, 0.05) is 0 Å². The number of hydrazine groups is 1. The molecular weight excluding hydrogens is 328 g/mol. The maximum absolute atomic E-state index is 12.9. The first-order valence-corrected chi connectivity index (χ1v) is 8.02. The van der Waals surface area contributed by atoms with Crippen LogP contribution < -0.4 is 10.0 Å². The number of carbonyl (C=O) groups excluding carboxylic acids is 2. The summed E-state index contributed by atoms with van der Waals surface area (Å²) < 4.78 is 0. The molecule has 1 aliphatic rings. The van der Waals surface area contributed by atoms with Gasteiger partial charge in [0.2, 0.25) is 0 Å². The number of amides is 2. The summed E-state index contributed by atoms with van der Waals surface area (Å²) in [4.78, 5) is 25.7. The van der Waals surface area contributed by atoms with E-state index in [-0.39, 0.29) is 49.6 Å². The molecule has 0 aliphatic carbocycles. The van der Waals surface area contributed by atoms with E-state index in [1.807, 2.05) is 60.7 Å². The summed E-state index contributed by atoms with van der Waals surface area (Å²) in [7, 11) is 0. The summed E-state index contributed by atoms with van der Waals surface area (Å²) in [5.41, 5.74) is 1.43. The number of anilines is 2. The van der Waals surface area contributed by atoms with Gasteiger partial charge in [0.25, 0.3) is 11.8 Å². The third-order valence-corrected chi connectivity index (χ3v) is 4.06. The Kier molecular flexibility index (Phi) is 6.84. The molecule has 0 bridgehead atoms. The van der Waals surface area contributed by atoms with Crippen LogP contribution >= 0.6 is 0 Å². The van der Waals surface area contributed by atoms with Gasteiger partial charge in [-0.05, 0) is 30.7 Å². The molecule has 0 aromatic heterocycles. The van der Waals surface area contributed by atoms with Crippen LogP contribution in [0.15, 0.2) is 60.7 Å². The van der Waals surface area contributed by atoms with Gasteiger partial charge in [-0.2, -0.15) is 0 Å². The summed E-state index contributed by atoms with van der Waals surface area (Å²) in [6.45, 7) is 2.06. The van der Waals surface area contributed by atoms with Gasteiger partial charge in [-0.25, -0.2) is 10.0 Å². The second-order valence-corrected chi connectivity index (χ2v) is 5.67. The Bertz CT molecular complexity index is 634. The number of benzene rings is 2. The Labute approximate surface area is 172 Å². The average Bonchev–Trinajstić information content (AvgIpc) is 2.85. The summed E-state index contributed by atoms with van der Waals surface area (Å²) >= 11 is 0. The SMILES string of the molecule is CCCCC1C(=O)N(c2ccccc2)N(c2ccccc2)C1=O.[CaH2]. The molecule has 2 amide bonds. The molecule has 0 unspecified atom stereocenters. The van der Waals surface area contributed by atoms with Crippen molar-refractivity contribution in [2.24, 2.45) is 5.92 Å². The van der Waals surface area contributed by atoms with Crippen LogP contribution in [0.3, 0.4) is 0 Å². The molecule has 1 fully saturated rings. The van der Waals surface area contributed by atoms with E-state index in [0.717, 1.165) is 12.8 Å². The molecule has 0 radical (unpaired) electrons. The number of rotatable bonds is 5. The van der Waals surface area contributed by atoms with Crippen molar-refractivity contribution in [3.63, 3.8) is 0 Å². The van der Waals surface area contributed by atoms with Crippen LogP contribution in [0.1, 0.15) is 26.2 Å². The third kappa shape index (κ3) is 3.66. The predicted molar refractivity (Wildman–Crippen MR) is 99.4 cm³/mol. The summed E-state index contributed by atoms with van der Waals surface area (Å²) in [6.07, 6.45) is 2.43. The average molecular weight is 350 g/mol. The minimum atomic E-state index is -0.588. The van der Waals surface area contributed by atoms with Crippen molar-refractivity contribution in [1.29, 1.82) is 0 Å².